The predicted molar refractivity (Wildman–Crippen MR) is 80.0 cm³/mol. The van der Waals surface area contributed by atoms with Gasteiger partial charge in [0.25, 0.3) is 0 Å². The van der Waals surface area contributed by atoms with Crippen LogP contribution in [0.15, 0.2) is 6.07 Å². The predicted octanol–water partition coefficient (Wildman–Crippen LogP) is 1.27. The number of hydrogen-bond acceptors (Lipinski definition) is 3. The highest BCUT2D eigenvalue weighted by Gasteiger charge is 2.23. The molecule has 1 unspecified atom stereocenters. The number of aromatic nitrogens is 2. The smallest absolute Gasteiger partial charge is 0.240 e. The Hall–Kier alpha value is -1.07. The third-order valence-electron chi connectivity index (χ3n) is 3.76. The Bertz CT molecular complexity index is 464. The molecule has 1 aromatic heterocycles. The van der Waals surface area contributed by atoms with E-state index in [1.807, 2.05) is 16.5 Å². The van der Waals surface area contributed by atoms with Crippen LogP contribution in [-0.4, -0.2) is 63.6 Å². The number of piperazine rings is 1. The number of hydrogen-bond donors (Lipinski definition) is 0. The number of halogens is 1. The highest BCUT2D eigenvalue weighted by molar-refractivity contribution is 6.30. The van der Waals surface area contributed by atoms with Crippen LogP contribution in [0.1, 0.15) is 18.3 Å². The van der Waals surface area contributed by atoms with E-state index in [4.69, 9.17) is 11.6 Å². The summed E-state index contributed by atoms with van der Waals surface area (Å²) in [6, 6.07) is 2.10. The average Bonchev–Trinajstić information content (AvgIpc) is 2.74. The minimum atomic E-state index is -0.420. The first kappa shape index (κ1) is 15.3. The molecule has 1 aliphatic rings. The Balaban J connectivity index is 1.77. The van der Waals surface area contributed by atoms with Crippen molar-refractivity contribution < 1.29 is 4.79 Å². The number of rotatable bonds is 4. The highest BCUT2D eigenvalue weighted by atomic mass is 35.5. The molecule has 0 bridgehead atoms. The van der Waals surface area contributed by atoms with E-state index >= 15 is 0 Å². The Kier molecular flexibility index (Phi) is 5.05. The van der Waals surface area contributed by atoms with Gasteiger partial charge in [-0.1, -0.05) is 0 Å². The van der Waals surface area contributed by atoms with Gasteiger partial charge in [0.2, 0.25) is 5.91 Å². The topological polar surface area (TPSA) is 41.4 Å². The van der Waals surface area contributed by atoms with Crippen LogP contribution in [0.25, 0.3) is 0 Å². The molecule has 1 atom stereocenters. The van der Waals surface area contributed by atoms with Crippen molar-refractivity contribution in [2.24, 2.45) is 0 Å². The van der Waals surface area contributed by atoms with Crippen LogP contribution in [0.3, 0.4) is 0 Å². The van der Waals surface area contributed by atoms with E-state index in [0.29, 0.717) is 0 Å². The average molecular weight is 299 g/mol. The second-order valence-corrected chi connectivity index (χ2v) is 6.09. The molecule has 2 rings (SSSR count). The summed E-state index contributed by atoms with van der Waals surface area (Å²) in [4.78, 5) is 16.0. The molecule has 1 saturated heterocycles. The second kappa shape index (κ2) is 6.59. The van der Waals surface area contributed by atoms with E-state index in [0.717, 1.165) is 45.0 Å². The Morgan fingerprint density at radius 3 is 2.45 bits per heavy atom. The van der Waals surface area contributed by atoms with Crippen LogP contribution in [0.2, 0.25) is 0 Å². The number of carbonyl (C=O) groups excluding carboxylic acids is 1. The van der Waals surface area contributed by atoms with E-state index in [2.05, 4.69) is 23.0 Å². The van der Waals surface area contributed by atoms with Gasteiger partial charge in [-0.3, -0.25) is 14.4 Å². The van der Waals surface area contributed by atoms with Gasteiger partial charge in [-0.25, -0.2) is 0 Å². The Morgan fingerprint density at radius 1 is 1.30 bits per heavy atom. The number of aryl methyl sites for hydroxylation is 2. The van der Waals surface area contributed by atoms with Crippen molar-refractivity contribution >= 4 is 17.5 Å². The molecular formula is C14H23ClN4O. The van der Waals surface area contributed by atoms with Gasteiger partial charge >= 0.3 is 0 Å². The van der Waals surface area contributed by atoms with Gasteiger partial charge in [-0.15, -0.1) is 11.6 Å². The highest BCUT2D eigenvalue weighted by Crippen LogP contribution is 2.08. The normalized spacial score (nSPS) is 18.3. The zero-order valence-corrected chi connectivity index (χ0v) is 13.2. The molecule has 1 aromatic rings. The van der Waals surface area contributed by atoms with Crippen molar-refractivity contribution in [3.05, 3.63) is 17.5 Å². The summed E-state index contributed by atoms with van der Waals surface area (Å²) in [5, 5.41) is 4.05. The molecule has 5 nitrogen and oxygen atoms in total. The van der Waals surface area contributed by atoms with Gasteiger partial charge < -0.3 is 4.90 Å². The van der Waals surface area contributed by atoms with Crippen molar-refractivity contribution in [2.45, 2.75) is 32.7 Å². The zero-order chi connectivity index (χ0) is 14.7. The summed E-state index contributed by atoms with van der Waals surface area (Å²) in [7, 11) is 0. The van der Waals surface area contributed by atoms with Gasteiger partial charge in [0.05, 0.1) is 12.2 Å². The summed E-state index contributed by atoms with van der Waals surface area (Å²) in [5.41, 5.74) is 2.27. The molecule has 0 saturated carbocycles. The maximum atomic E-state index is 11.8. The van der Waals surface area contributed by atoms with Gasteiger partial charge in [0.15, 0.2) is 0 Å². The third kappa shape index (κ3) is 3.73. The van der Waals surface area contributed by atoms with Crippen molar-refractivity contribution in [3.63, 3.8) is 0 Å². The summed E-state index contributed by atoms with van der Waals surface area (Å²) >= 11 is 5.84. The lowest BCUT2D eigenvalue weighted by molar-refractivity contribution is -0.132. The zero-order valence-electron chi connectivity index (χ0n) is 12.5. The Labute approximate surface area is 125 Å². The molecule has 6 heteroatoms. The molecule has 0 aliphatic carbocycles. The van der Waals surface area contributed by atoms with Gasteiger partial charge in [0.1, 0.15) is 5.38 Å². The molecule has 2 heterocycles. The van der Waals surface area contributed by atoms with E-state index in [9.17, 15) is 4.79 Å². The first-order chi connectivity index (χ1) is 9.47. The fourth-order valence-corrected chi connectivity index (χ4v) is 2.72. The maximum Gasteiger partial charge on any atom is 0.240 e. The largest absolute Gasteiger partial charge is 0.339 e. The minimum absolute atomic E-state index is 0.0462. The van der Waals surface area contributed by atoms with Crippen molar-refractivity contribution in [3.8, 4) is 0 Å². The maximum absolute atomic E-state index is 11.8. The molecule has 0 N–H and O–H groups in total. The third-order valence-corrected chi connectivity index (χ3v) is 3.94. The summed E-state index contributed by atoms with van der Waals surface area (Å²) < 4.78 is 2.05. The van der Waals surface area contributed by atoms with Crippen LogP contribution in [-0.2, 0) is 11.3 Å². The van der Waals surface area contributed by atoms with Crippen LogP contribution < -0.4 is 0 Å². The van der Waals surface area contributed by atoms with E-state index in [1.165, 1.54) is 5.69 Å². The fourth-order valence-electron chi connectivity index (χ4n) is 2.58. The second-order valence-electron chi connectivity index (χ2n) is 5.43. The van der Waals surface area contributed by atoms with E-state index in [-0.39, 0.29) is 5.91 Å². The quantitative estimate of drug-likeness (QED) is 0.786. The number of nitrogens with zero attached hydrogens (tertiary/aromatic N) is 4. The lowest BCUT2D eigenvalue weighted by Crippen LogP contribution is -2.50. The molecule has 1 amide bonds. The first-order valence-electron chi connectivity index (χ1n) is 7.13. The van der Waals surface area contributed by atoms with Crippen LogP contribution >= 0.6 is 11.6 Å². The molecular weight excluding hydrogens is 276 g/mol. The SMILES string of the molecule is Cc1cc(C)n(CCN2CCN(C(=O)C(C)Cl)CC2)n1. The number of carbonyl (C=O) groups is 1. The lowest BCUT2D eigenvalue weighted by atomic mass is 10.3. The monoisotopic (exact) mass is 298 g/mol. The standard InChI is InChI=1S/C14H23ClN4O/c1-11-10-12(2)19(16-11)9-6-17-4-7-18(8-5-17)14(20)13(3)15/h10,13H,4-9H2,1-3H3. The van der Waals surface area contributed by atoms with E-state index in [1.54, 1.807) is 6.92 Å². The van der Waals surface area contributed by atoms with Gasteiger partial charge in [-0.2, -0.15) is 5.10 Å². The molecule has 0 aromatic carbocycles. The molecule has 112 valence electrons. The summed E-state index contributed by atoms with van der Waals surface area (Å²) in [6.07, 6.45) is 0. The van der Waals surface area contributed by atoms with Crippen LogP contribution in [0.5, 0.6) is 0 Å². The van der Waals surface area contributed by atoms with Crippen molar-refractivity contribution in [1.29, 1.82) is 0 Å². The molecule has 0 radical (unpaired) electrons. The fraction of sp³-hybridized carbons (Fsp3) is 0.714. The van der Waals surface area contributed by atoms with Crippen molar-refractivity contribution in [2.75, 3.05) is 32.7 Å². The first-order valence-corrected chi connectivity index (χ1v) is 7.57. The lowest BCUT2D eigenvalue weighted by Gasteiger charge is -2.35. The number of amides is 1. The minimum Gasteiger partial charge on any atom is -0.339 e. The molecule has 1 aliphatic heterocycles. The Morgan fingerprint density at radius 2 is 1.95 bits per heavy atom. The summed E-state index contributed by atoms with van der Waals surface area (Å²) in [6.45, 7) is 11.1. The van der Waals surface area contributed by atoms with Crippen LogP contribution in [0, 0.1) is 13.8 Å². The summed E-state index contributed by atoms with van der Waals surface area (Å²) in [5.74, 6) is 0.0462. The van der Waals surface area contributed by atoms with Crippen molar-refractivity contribution in [1.82, 2.24) is 19.6 Å². The van der Waals surface area contributed by atoms with E-state index < -0.39 is 5.38 Å². The van der Waals surface area contributed by atoms with Gasteiger partial charge in [-0.05, 0) is 26.8 Å². The molecule has 20 heavy (non-hydrogen) atoms. The molecule has 1 fully saturated rings. The van der Waals surface area contributed by atoms with Crippen LogP contribution in [0.4, 0.5) is 0 Å². The van der Waals surface area contributed by atoms with Gasteiger partial charge in [0, 0.05) is 38.4 Å². The number of alkyl halides is 1. The molecule has 0 spiro atoms.